The number of hydrogen-bond donors (Lipinski definition) is 0. The number of para-hydroxylation sites is 2. The third-order valence-corrected chi connectivity index (χ3v) is 10.7. The van der Waals surface area contributed by atoms with Crippen LogP contribution in [0.1, 0.15) is 35.0 Å². The predicted molar refractivity (Wildman–Crippen MR) is 222 cm³/mol. The fourth-order valence-electron chi connectivity index (χ4n) is 8.58. The summed E-state index contributed by atoms with van der Waals surface area (Å²) in [5.74, 6) is 0.717. The van der Waals surface area contributed by atoms with E-state index < -0.39 is 0 Å². The molecule has 0 fully saturated rings. The van der Waals surface area contributed by atoms with Crippen LogP contribution in [0.5, 0.6) is 0 Å². The summed E-state index contributed by atoms with van der Waals surface area (Å²) in [5.41, 5.74) is 17.4. The molecule has 252 valence electrons. The van der Waals surface area contributed by atoms with Crippen LogP contribution in [0.2, 0.25) is 0 Å². The molecule has 0 bridgehead atoms. The van der Waals surface area contributed by atoms with Crippen LogP contribution in [-0.2, 0) is 6.42 Å². The molecule has 3 heterocycles. The maximum Gasteiger partial charge on any atom is 0.160 e. The van der Waals surface area contributed by atoms with Gasteiger partial charge in [-0.3, -0.25) is 0 Å². The number of rotatable bonds is 6. The molecule has 1 aliphatic carbocycles. The standard InChI is InChI=1S/C49H36N4/c1-4-16-38-42(5-2)52(36-27-25-33(26-28-36)49-50-31(3)29-41(51-49)32-17-8-6-9-18-32)48-45(38)44-37-22-13-12-19-34(37)30-40(44)47-46(48)39-23-14-15-24-43(39)53(47)35-20-10-7-11-21-35/h4-29H,2,30H2,1,3H3/b16-4-. The second-order valence-corrected chi connectivity index (χ2v) is 13.8. The lowest BCUT2D eigenvalue weighted by molar-refractivity contribution is 1.10. The van der Waals surface area contributed by atoms with E-state index in [2.05, 4.69) is 150 Å². The molecule has 0 amide bonds. The lowest BCUT2D eigenvalue weighted by Crippen LogP contribution is -2.00. The summed E-state index contributed by atoms with van der Waals surface area (Å²) >= 11 is 0. The Labute approximate surface area is 308 Å². The molecule has 3 aromatic heterocycles. The van der Waals surface area contributed by atoms with Crippen molar-refractivity contribution in [2.75, 3.05) is 0 Å². The van der Waals surface area contributed by atoms with Crippen molar-refractivity contribution in [3.63, 3.8) is 0 Å². The summed E-state index contributed by atoms with van der Waals surface area (Å²) in [5, 5.41) is 3.75. The summed E-state index contributed by atoms with van der Waals surface area (Å²) < 4.78 is 4.91. The Morgan fingerprint density at radius 3 is 2.13 bits per heavy atom. The number of fused-ring (bicyclic) bond motifs is 10. The highest BCUT2D eigenvalue weighted by atomic mass is 15.0. The third kappa shape index (κ3) is 4.69. The highest BCUT2D eigenvalue weighted by molar-refractivity contribution is 6.28. The molecular weight excluding hydrogens is 645 g/mol. The Bertz CT molecular complexity index is 2930. The van der Waals surface area contributed by atoms with E-state index >= 15 is 0 Å². The van der Waals surface area contributed by atoms with E-state index in [1.165, 1.54) is 60.5 Å². The molecule has 1 aliphatic rings. The molecule has 0 aliphatic heterocycles. The molecule has 0 spiro atoms. The van der Waals surface area contributed by atoms with Crippen LogP contribution in [0.15, 0.2) is 152 Å². The fraction of sp³-hybridized carbons (Fsp3) is 0.0612. The van der Waals surface area contributed by atoms with Gasteiger partial charge < -0.3 is 9.13 Å². The minimum atomic E-state index is 0.717. The van der Waals surface area contributed by atoms with Crippen LogP contribution in [-0.4, -0.2) is 19.1 Å². The van der Waals surface area contributed by atoms with Crippen molar-refractivity contribution in [1.29, 1.82) is 0 Å². The Balaban J connectivity index is 1.31. The van der Waals surface area contributed by atoms with Gasteiger partial charge in [-0.2, -0.15) is 0 Å². The van der Waals surface area contributed by atoms with Gasteiger partial charge in [0.25, 0.3) is 0 Å². The van der Waals surface area contributed by atoms with Crippen molar-refractivity contribution >= 4 is 44.9 Å². The highest BCUT2D eigenvalue weighted by Gasteiger charge is 2.32. The van der Waals surface area contributed by atoms with Crippen molar-refractivity contribution in [3.05, 3.63) is 180 Å². The first kappa shape index (κ1) is 31.0. The first-order valence-electron chi connectivity index (χ1n) is 18.2. The molecule has 0 atom stereocenters. The van der Waals surface area contributed by atoms with Gasteiger partial charge in [-0.05, 0) is 90.7 Å². The van der Waals surface area contributed by atoms with Gasteiger partial charge in [-0.1, -0.05) is 110 Å². The van der Waals surface area contributed by atoms with E-state index in [1.807, 2.05) is 37.3 Å². The topological polar surface area (TPSA) is 35.6 Å². The second-order valence-electron chi connectivity index (χ2n) is 13.8. The number of aromatic nitrogens is 4. The van der Waals surface area contributed by atoms with E-state index in [-0.39, 0.29) is 0 Å². The van der Waals surface area contributed by atoms with E-state index in [4.69, 9.17) is 9.97 Å². The average molecular weight is 681 g/mol. The van der Waals surface area contributed by atoms with Gasteiger partial charge in [-0.15, -0.1) is 0 Å². The summed E-state index contributed by atoms with van der Waals surface area (Å²) in [6, 6.07) is 49.7. The molecule has 0 N–H and O–H groups in total. The third-order valence-electron chi connectivity index (χ3n) is 10.7. The minimum Gasteiger partial charge on any atom is -0.309 e. The molecule has 10 rings (SSSR count). The molecule has 4 nitrogen and oxygen atoms in total. The molecule has 4 heteroatoms. The predicted octanol–water partition coefficient (Wildman–Crippen LogP) is 12.4. The molecule has 0 saturated heterocycles. The Morgan fingerprint density at radius 2 is 1.36 bits per heavy atom. The molecule has 9 aromatic rings. The molecule has 0 unspecified atom stereocenters. The Hall–Kier alpha value is -6.78. The van der Waals surface area contributed by atoms with Crippen LogP contribution in [0.4, 0.5) is 0 Å². The van der Waals surface area contributed by atoms with Gasteiger partial charge in [0.15, 0.2) is 5.82 Å². The SMILES string of the molecule is C=Cc1c(/C=C\C)c2c3c(c4c(c5ccccc5n4-c4ccccc4)c2n1-c1ccc(-c2nc(C)cc(-c4ccccc4)n2)cc1)Cc1ccccc1-3. The molecular formula is C49H36N4. The van der Waals surface area contributed by atoms with Gasteiger partial charge in [0.1, 0.15) is 0 Å². The number of aryl methyl sites for hydroxylation is 1. The van der Waals surface area contributed by atoms with Crippen LogP contribution in [0.25, 0.3) is 90.0 Å². The smallest absolute Gasteiger partial charge is 0.160 e. The fourth-order valence-corrected chi connectivity index (χ4v) is 8.58. The zero-order valence-electron chi connectivity index (χ0n) is 29.7. The van der Waals surface area contributed by atoms with E-state index in [9.17, 15) is 0 Å². The molecule has 0 radical (unpaired) electrons. The van der Waals surface area contributed by atoms with Crippen molar-refractivity contribution < 1.29 is 0 Å². The van der Waals surface area contributed by atoms with Crippen molar-refractivity contribution in [2.24, 2.45) is 0 Å². The van der Waals surface area contributed by atoms with Crippen LogP contribution >= 0.6 is 0 Å². The zero-order valence-corrected chi connectivity index (χ0v) is 29.7. The van der Waals surface area contributed by atoms with Gasteiger partial charge >= 0.3 is 0 Å². The van der Waals surface area contributed by atoms with Gasteiger partial charge in [0.2, 0.25) is 0 Å². The second kappa shape index (κ2) is 12.2. The maximum absolute atomic E-state index is 5.01. The van der Waals surface area contributed by atoms with Crippen molar-refractivity contribution in [2.45, 2.75) is 20.3 Å². The Morgan fingerprint density at radius 1 is 0.660 bits per heavy atom. The number of allylic oxidation sites excluding steroid dienone is 1. The molecule has 6 aromatic carbocycles. The van der Waals surface area contributed by atoms with Crippen LogP contribution in [0, 0.1) is 6.92 Å². The Kier molecular flexibility index (Phi) is 7.12. The maximum atomic E-state index is 5.01. The van der Waals surface area contributed by atoms with Gasteiger partial charge in [-0.25, -0.2) is 9.97 Å². The number of nitrogens with zero attached hydrogens (tertiary/aromatic N) is 4. The van der Waals surface area contributed by atoms with E-state index in [1.54, 1.807) is 0 Å². The average Bonchev–Trinajstić information content (AvgIpc) is 3.86. The largest absolute Gasteiger partial charge is 0.309 e. The monoisotopic (exact) mass is 680 g/mol. The summed E-state index contributed by atoms with van der Waals surface area (Å²) in [6.45, 7) is 8.56. The zero-order chi connectivity index (χ0) is 35.6. The minimum absolute atomic E-state index is 0.717. The molecule has 53 heavy (non-hydrogen) atoms. The highest BCUT2D eigenvalue weighted by Crippen LogP contribution is 2.52. The van der Waals surface area contributed by atoms with Crippen LogP contribution in [0.3, 0.4) is 0 Å². The lowest BCUT2D eigenvalue weighted by Gasteiger charge is -2.15. The molecule has 0 saturated carbocycles. The van der Waals surface area contributed by atoms with Crippen molar-refractivity contribution in [1.82, 2.24) is 19.1 Å². The first-order valence-corrected chi connectivity index (χ1v) is 18.2. The first-order chi connectivity index (χ1) is 26.1. The quantitative estimate of drug-likeness (QED) is 0.175. The normalized spacial score (nSPS) is 12.3. The van der Waals surface area contributed by atoms with Gasteiger partial charge in [0, 0.05) is 56.3 Å². The van der Waals surface area contributed by atoms with E-state index in [0.717, 1.165) is 46.0 Å². The van der Waals surface area contributed by atoms with Gasteiger partial charge in [0.05, 0.1) is 27.9 Å². The van der Waals surface area contributed by atoms with Crippen LogP contribution < -0.4 is 0 Å². The number of benzene rings is 6. The number of hydrogen-bond acceptors (Lipinski definition) is 2. The summed E-state index contributed by atoms with van der Waals surface area (Å²) in [4.78, 5) is 9.88. The summed E-state index contributed by atoms with van der Waals surface area (Å²) in [7, 11) is 0. The van der Waals surface area contributed by atoms with Crippen molar-refractivity contribution in [3.8, 4) is 45.1 Å². The summed E-state index contributed by atoms with van der Waals surface area (Å²) in [6.07, 6.45) is 7.31. The van der Waals surface area contributed by atoms with E-state index in [0.29, 0.717) is 5.82 Å². The lowest BCUT2D eigenvalue weighted by atomic mass is 9.94.